The number of hydrogen-bond donors (Lipinski definition) is 5. The molecule has 5 N–H and O–H groups in total. The molecule has 0 radical (unpaired) electrons. The molecule has 0 saturated heterocycles. The van der Waals surface area contributed by atoms with Gasteiger partial charge in [-0.1, -0.05) is 18.2 Å². The van der Waals surface area contributed by atoms with Crippen molar-refractivity contribution in [2.24, 2.45) is 0 Å². The summed E-state index contributed by atoms with van der Waals surface area (Å²) in [7, 11) is 0. The molecule has 0 aliphatic heterocycles. The van der Waals surface area contributed by atoms with Crippen LogP contribution in [-0.4, -0.2) is 25.5 Å². The van der Waals surface area contributed by atoms with Crippen molar-refractivity contribution in [3.8, 4) is 39.9 Å². The van der Waals surface area contributed by atoms with Crippen LogP contribution in [0.15, 0.2) is 36.4 Å². The highest BCUT2D eigenvalue weighted by Gasteiger charge is 2.41. The zero-order valence-electron chi connectivity index (χ0n) is 12.3. The van der Waals surface area contributed by atoms with Crippen molar-refractivity contribution in [1.82, 2.24) is 0 Å². The van der Waals surface area contributed by atoms with Gasteiger partial charge in [0, 0.05) is 0 Å². The van der Waals surface area contributed by atoms with Crippen LogP contribution in [0, 0.1) is 0 Å². The molecule has 3 aromatic carbocycles. The van der Waals surface area contributed by atoms with Crippen LogP contribution in [0.4, 0.5) is 13.2 Å². The number of rotatable bonds is 1. The molecule has 3 rings (SSSR count). The summed E-state index contributed by atoms with van der Waals surface area (Å²) in [6, 6.07) is 8.60. The molecule has 3 aromatic rings. The van der Waals surface area contributed by atoms with E-state index in [2.05, 4.69) is 0 Å². The summed E-state index contributed by atoms with van der Waals surface area (Å²) in [6.45, 7) is 0. The normalized spacial score (nSPS) is 11.8. The van der Waals surface area contributed by atoms with Gasteiger partial charge in [0.05, 0.1) is 5.56 Å². The smallest absolute Gasteiger partial charge is 0.423 e. The van der Waals surface area contributed by atoms with E-state index >= 15 is 0 Å². The number of alkyl halides is 3. The van der Waals surface area contributed by atoms with Crippen LogP contribution in [-0.2, 0) is 6.18 Å². The van der Waals surface area contributed by atoms with E-state index in [9.17, 15) is 38.7 Å². The molecule has 0 heterocycles. The Balaban J connectivity index is 2.30. The van der Waals surface area contributed by atoms with Crippen molar-refractivity contribution >= 4 is 10.8 Å². The molecular weight excluding hydrogens is 341 g/mol. The van der Waals surface area contributed by atoms with Gasteiger partial charge in [0.2, 0.25) is 0 Å². The van der Waals surface area contributed by atoms with Gasteiger partial charge < -0.3 is 25.5 Å². The molecule has 0 fully saturated rings. The van der Waals surface area contributed by atoms with Crippen molar-refractivity contribution < 1.29 is 38.7 Å². The third-order valence-electron chi connectivity index (χ3n) is 3.79. The van der Waals surface area contributed by atoms with Gasteiger partial charge in [-0.15, -0.1) is 0 Å². The third kappa shape index (κ3) is 2.61. The Kier molecular flexibility index (Phi) is 3.56. The molecule has 0 aliphatic carbocycles. The summed E-state index contributed by atoms with van der Waals surface area (Å²) in [5.41, 5.74) is -2.40. The zero-order valence-corrected chi connectivity index (χ0v) is 12.3. The summed E-state index contributed by atoms with van der Waals surface area (Å²) in [5, 5.41) is 49.8. The summed E-state index contributed by atoms with van der Waals surface area (Å²) >= 11 is 0. The van der Waals surface area contributed by atoms with Crippen LogP contribution in [0.3, 0.4) is 0 Å². The average molecular weight is 352 g/mol. The predicted octanol–water partition coefficient (Wildman–Crippen LogP) is 4.05. The minimum absolute atomic E-state index is 0.00997. The number of fused-ring (bicyclic) bond motifs is 1. The third-order valence-corrected chi connectivity index (χ3v) is 3.79. The lowest BCUT2D eigenvalue weighted by atomic mass is 9.96. The van der Waals surface area contributed by atoms with Gasteiger partial charge in [-0.05, 0) is 34.5 Å². The molecule has 0 unspecified atom stereocenters. The summed E-state index contributed by atoms with van der Waals surface area (Å²) in [6.07, 6.45) is -5.18. The van der Waals surface area contributed by atoms with Crippen molar-refractivity contribution in [1.29, 1.82) is 0 Å². The average Bonchev–Trinajstić information content (AvgIpc) is 2.52. The molecule has 0 aliphatic rings. The quantitative estimate of drug-likeness (QED) is 0.336. The van der Waals surface area contributed by atoms with Gasteiger partial charge in [0.15, 0.2) is 23.0 Å². The molecule has 130 valence electrons. The molecule has 0 amide bonds. The van der Waals surface area contributed by atoms with E-state index in [1.807, 2.05) is 0 Å². The first kappa shape index (κ1) is 16.6. The van der Waals surface area contributed by atoms with Crippen molar-refractivity contribution in [3.05, 3.63) is 42.0 Å². The number of aromatic hydroxyl groups is 5. The van der Waals surface area contributed by atoms with Crippen LogP contribution >= 0.6 is 0 Å². The molecule has 8 heteroatoms. The van der Waals surface area contributed by atoms with Gasteiger partial charge in [-0.25, -0.2) is 0 Å². The monoisotopic (exact) mass is 352 g/mol. The van der Waals surface area contributed by atoms with Gasteiger partial charge >= 0.3 is 6.18 Å². The highest BCUT2D eigenvalue weighted by molar-refractivity contribution is 5.92. The van der Waals surface area contributed by atoms with Crippen LogP contribution in [0.2, 0.25) is 0 Å². The lowest BCUT2D eigenvalue weighted by molar-refractivity contribution is -0.140. The van der Waals surface area contributed by atoms with Crippen LogP contribution in [0.5, 0.6) is 28.7 Å². The van der Waals surface area contributed by atoms with E-state index in [-0.39, 0.29) is 11.3 Å². The first-order valence-corrected chi connectivity index (χ1v) is 6.91. The van der Waals surface area contributed by atoms with E-state index in [1.165, 1.54) is 36.4 Å². The summed E-state index contributed by atoms with van der Waals surface area (Å²) in [4.78, 5) is 0. The fourth-order valence-corrected chi connectivity index (χ4v) is 2.63. The Morgan fingerprint density at radius 2 is 1.16 bits per heavy atom. The standard InChI is InChI=1S/C17H11F3O5/c18-17(19,20)12-15(24)13(22)11(14(23)16(12)25)9-2-1-8-6-10(21)4-3-7(8)5-9/h1-6,21-25H. The maximum atomic E-state index is 12.9. The fourth-order valence-electron chi connectivity index (χ4n) is 2.63. The largest absolute Gasteiger partial charge is 0.508 e. The Morgan fingerprint density at radius 1 is 0.640 bits per heavy atom. The first-order chi connectivity index (χ1) is 11.6. The number of phenols is 5. The van der Waals surface area contributed by atoms with Gasteiger partial charge in [-0.3, -0.25) is 0 Å². The predicted molar refractivity (Wildman–Crippen MR) is 82.7 cm³/mol. The second-order valence-corrected chi connectivity index (χ2v) is 5.39. The Hall–Kier alpha value is -3.29. The first-order valence-electron chi connectivity index (χ1n) is 6.91. The highest BCUT2D eigenvalue weighted by atomic mass is 19.4. The van der Waals surface area contributed by atoms with E-state index < -0.39 is 40.3 Å². The SMILES string of the molecule is Oc1ccc2cc(-c3c(O)c(O)c(C(F)(F)F)c(O)c3O)ccc2c1. The Labute approximate surface area is 138 Å². The number of phenolic OH excluding ortho intramolecular Hbond substituents is 5. The minimum atomic E-state index is -5.18. The van der Waals surface area contributed by atoms with E-state index in [0.29, 0.717) is 10.8 Å². The van der Waals surface area contributed by atoms with Crippen LogP contribution < -0.4 is 0 Å². The van der Waals surface area contributed by atoms with Gasteiger partial charge in [0.1, 0.15) is 11.3 Å². The van der Waals surface area contributed by atoms with E-state index in [0.717, 1.165) is 0 Å². The number of hydrogen-bond acceptors (Lipinski definition) is 5. The van der Waals surface area contributed by atoms with Gasteiger partial charge in [0.25, 0.3) is 0 Å². The minimum Gasteiger partial charge on any atom is -0.508 e. The molecule has 0 bridgehead atoms. The Morgan fingerprint density at radius 3 is 1.72 bits per heavy atom. The number of halogens is 3. The van der Waals surface area contributed by atoms with Crippen molar-refractivity contribution in [3.63, 3.8) is 0 Å². The van der Waals surface area contributed by atoms with Gasteiger partial charge in [-0.2, -0.15) is 13.2 Å². The molecule has 5 nitrogen and oxygen atoms in total. The second kappa shape index (κ2) is 5.37. The molecule has 0 atom stereocenters. The van der Waals surface area contributed by atoms with Crippen LogP contribution in [0.25, 0.3) is 21.9 Å². The summed E-state index contributed by atoms with van der Waals surface area (Å²) < 4.78 is 38.7. The molecule has 0 spiro atoms. The van der Waals surface area contributed by atoms with Crippen molar-refractivity contribution in [2.45, 2.75) is 6.18 Å². The van der Waals surface area contributed by atoms with E-state index in [1.54, 1.807) is 0 Å². The molecular formula is C17H11F3O5. The Bertz CT molecular complexity index is 967. The number of benzene rings is 3. The topological polar surface area (TPSA) is 101 Å². The molecule has 0 saturated carbocycles. The maximum absolute atomic E-state index is 12.9. The molecule has 0 aromatic heterocycles. The summed E-state index contributed by atoms with van der Waals surface area (Å²) in [5.74, 6) is -5.57. The van der Waals surface area contributed by atoms with E-state index in [4.69, 9.17) is 0 Å². The fraction of sp³-hybridized carbons (Fsp3) is 0.0588. The lowest BCUT2D eigenvalue weighted by Gasteiger charge is -2.17. The molecule has 25 heavy (non-hydrogen) atoms. The highest BCUT2D eigenvalue weighted by Crippen LogP contribution is 2.55. The second-order valence-electron chi connectivity index (χ2n) is 5.39. The maximum Gasteiger partial charge on any atom is 0.423 e. The van der Waals surface area contributed by atoms with Crippen LogP contribution in [0.1, 0.15) is 5.56 Å². The van der Waals surface area contributed by atoms with Crippen molar-refractivity contribution in [2.75, 3.05) is 0 Å². The lowest BCUT2D eigenvalue weighted by Crippen LogP contribution is -2.06. The zero-order chi connectivity index (χ0) is 18.5.